The number of carbonyl (C=O) groups excluding carboxylic acids is 2. The molecule has 1 aromatic carbocycles. The molecule has 2 aliphatic heterocycles. The van der Waals surface area contributed by atoms with E-state index >= 15 is 0 Å². The van der Waals surface area contributed by atoms with Crippen molar-refractivity contribution in [2.24, 2.45) is 0 Å². The van der Waals surface area contributed by atoms with E-state index in [1.165, 1.54) is 7.11 Å². The Morgan fingerprint density at radius 3 is 2.88 bits per heavy atom. The van der Waals surface area contributed by atoms with E-state index < -0.39 is 17.8 Å². The maximum Gasteiger partial charge on any atom is 0.254 e. The summed E-state index contributed by atoms with van der Waals surface area (Å²) in [5.41, 5.74) is 2.34. The van der Waals surface area contributed by atoms with E-state index in [1.54, 1.807) is 47.6 Å². The van der Waals surface area contributed by atoms with Crippen LogP contribution in [0.1, 0.15) is 21.7 Å². The first-order chi connectivity index (χ1) is 16.5. The van der Waals surface area contributed by atoms with Gasteiger partial charge in [0.05, 0.1) is 25.5 Å². The molecular formula is C23H20N6O5. The fourth-order valence-corrected chi connectivity index (χ4v) is 4.53. The van der Waals surface area contributed by atoms with Gasteiger partial charge in [0, 0.05) is 29.9 Å². The molecule has 4 N–H and O–H groups in total. The van der Waals surface area contributed by atoms with Gasteiger partial charge in [-0.05, 0) is 29.8 Å². The largest absolute Gasteiger partial charge is 0.497 e. The molecule has 0 saturated carbocycles. The number of aromatic amines is 1. The minimum Gasteiger partial charge on any atom is -0.497 e. The molecule has 34 heavy (non-hydrogen) atoms. The summed E-state index contributed by atoms with van der Waals surface area (Å²) in [4.78, 5) is 32.4. The number of H-pyrrole nitrogens is 1. The number of pyridine rings is 1. The number of nitrogens with one attached hydrogen (secondary N) is 3. The summed E-state index contributed by atoms with van der Waals surface area (Å²) in [6.45, 7) is 0.258. The summed E-state index contributed by atoms with van der Waals surface area (Å²) in [5, 5.41) is 22.2. The molecule has 1 unspecified atom stereocenters. The lowest BCUT2D eigenvalue weighted by atomic mass is 9.95. The van der Waals surface area contributed by atoms with E-state index in [-0.39, 0.29) is 18.2 Å². The molecule has 2 amide bonds. The zero-order valence-electron chi connectivity index (χ0n) is 18.0. The lowest BCUT2D eigenvalue weighted by Crippen LogP contribution is -2.53. The summed E-state index contributed by atoms with van der Waals surface area (Å²) in [6, 6.07) is 10.5. The standard InChI is InChI=1S/C23H20N6O5/c1-33-14-3-2-12-10-29(20(30)15(12)6-14)11-23(21(31)27-22(32)28-23)19-7-17-18(34-19)5-4-16(26-17)13-8-24-25-9-13/h2-9,22,28,32H,10-11H2,1H3,(H,24,25)(H,27,31)/t22?,23-/m0/s1. The van der Waals surface area contributed by atoms with Crippen molar-refractivity contribution < 1.29 is 23.8 Å². The number of nitrogens with zero attached hydrogens (tertiary/aromatic N) is 3. The normalized spacial score (nSPS) is 21.8. The second-order valence-electron chi connectivity index (χ2n) is 8.29. The fraction of sp³-hybridized carbons (Fsp3) is 0.217. The molecule has 1 saturated heterocycles. The van der Waals surface area contributed by atoms with E-state index in [0.29, 0.717) is 34.7 Å². The summed E-state index contributed by atoms with van der Waals surface area (Å²) >= 11 is 0. The number of carbonyl (C=O) groups is 2. The van der Waals surface area contributed by atoms with Crippen LogP contribution >= 0.6 is 0 Å². The maximum atomic E-state index is 13.2. The van der Waals surface area contributed by atoms with Crippen LogP contribution in [-0.2, 0) is 16.9 Å². The Balaban J connectivity index is 1.38. The second-order valence-corrected chi connectivity index (χ2v) is 8.29. The number of hydrogen-bond acceptors (Lipinski definition) is 8. The highest BCUT2D eigenvalue weighted by Gasteiger charge is 2.52. The van der Waals surface area contributed by atoms with Crippen molar-refractivity contribution in [3.8, 4) is 17.0 Å². The van der Waals surface area contributed by atoms with Crippen molar-refractivity contribution in [3.63, 3.8) is 0 Å². The van der Waals surface area contributed by atoms with E-state index in [9.17, 15) is 14.7 Å². The lowest BCUT2D eigenvalue weighted by molar-refractivity contribution is -0.125. The highest BCUT2D eigenvalue weighted by atomic mass is 16.5. The Kier molecular flexibility index (Phi) is 4.44. The molecule has 0 radical (unpaired) electrons. The van der Waals surface area contributed by atoms with Crippen molar-refractivity contribution in [3.05, 3.63) is 65.7 Å². The van der Waals surface area contributed by atoms with Crippen LogP contribution < -0.4 is 15.4 Å². The predicted octanol–water partition coefficient (Wildman–Crippen LogP) is 1.07. The van der Waals surface area contributed by atoms with Crippen LogP contribution in [0.4, 0.5) is 0 Å². The fourth-order valence-electron chi connectivity index (χ4n) is 4.53. The van der Waals surface area contributed by atoms with Gasteiger partial charge in [-0.3, -0.25) is 20.0 Å². The van der Waals surface area contributed by atoms with Crippen LogP contribution in [0.5, 0.6) is 5.75 Å². The smallest absolute Gasteiger partial charge is 0.254 e. The molecule has 11 heteroatoms. The van der Waals surface area contributed by atoms with Crippen LogP contribution in [0.25, 0.3) is 22.4 Å². The van der Waals surface area contributed by atoms with Crippen molar-refractivity contribution >= 4 is 22.9 Å². The highest BCUT2D eigenvalue weighted by molar-refractivity contribution is 6.00. The van der Waals surface area contributed by atoms with E-state index in [4.69, 9.17) is 9.15 Å². The SMILES string of the molecule is COc1ccc2c(c1)C(=O)N(C[C@@]1(c3cc4nc(-c5cn[nH]c5)ccc4o3)NC(O)NC1=O)C2. The monoisotopic (exact) mass is 460 g/mol. The molecule has 11 nitrogen and oxygen atoms in total. The molecule has 2 atom stereocenters. The molecule has 172 valence electrons. The number of hydrogen-bond donors (Lipinski definition) is 4. The van der Waals surface area contributed by atoms with Crippen molar-refractivity contribution in [2.45, 2.75) is 18.4 Å². The molecule has 0 bridgehead atoms. The number of aliphatic hydroxyl groups excluding tert-OH is 1. The third-order valence-corrected chi connectivity index (χ3v) is 6.25. The van der Waals surface area contributed by atoms with Gasteiger partial charge in [-0.15, -0.1) is 0 Å². The predicted molar refractivity (Wildman–Crippen MR) is 118 cm³/mol. The van der Waals surface area contributed by atoms with Gasteiger partial charge < -0.3 is 24.5 Å². The van der Waals surface area contributed by atoms with Gasteiger partial charge >= 0.3 is 0 Å². The number of aliphatic hydroxyl groups is 1. The Morgan fingerprint density at radius 1 is 1.26 bits per heavy atom. The first-order valence-electron chi connectivity index (χ1n) is 10.6. The van der Waals surface area contributed by atoms with Crippen LogP contribution in [0, 0.1) is 0 Å². The number of aromatic nitrogens is 3. The zero-order chi connectivity index (χ0) is 23.4. The van der Waals surface area contributed by atoms with Crippen LogP contribution in [-0.4, -0.2) is 57.0 Å². The van der Waals surface area contributed by atoms with Gasteiger partial charge in [-0.1, -0.05) is 6.07 Å². The summed E-state index contributed by atoms with van der Waals surface area (Å²) in [6.07, 6.45) is 2.09. The number of fused-ring (bicyclic) bond motifs is 2. The summed E-state index contributed by atoms with van der Waals surface area (Å²) < 4.78 is 11.3. The minimum absolute atomic E-state index is 0.0554. The molecule has 3 aromatic heterocycles. The van der Waals surface area contributed by atoms with Gasteiger partial charge in [0.15, 0.2) is 17.5 Å². The maximum absolute atomic E-state index is 13.2. The average Bonchev–Trinajstić information content (AvgIpc) is 3.61. The van der Waals surface area contributed by atoms with Crippen LogP contribution in [0.3, 0.4) is 0 Å². The number of furan rings is 1. The molecule has 6 rings (SSSR count). The van der Waals surface area contributed by atoms with E-state index in [1.807, 2.05) is 6.07 Å². The Hall–Kier alpha value is -4.22. The number of amides is 2. The second kappa shape index (κ2) is 7.40. The third kappa shape index (κ3) is 3.05. The molecule has 4 aromatic rings. The molecule has 5 heterocycles. The van der Waals surface area contributed by atoms with E-state index in [0.717, 1.165) is 11.1 Å². The number of methoxy groups -OCH3 is 1. The van der Waals surface area contributed by atoms with Gasteiger partial charge in [0.2, 0.25) is 0 Å². The van der Waals surface area contributed by atoms with Crippen molar-refractivity contribution in [1.82, 2.24) is 30.7 Å². The first kappa shape index (κ1) is 20.4. The molecule has 1 fully saturated rings. The van der Waals surface area contributed by atoms with Gasteiger partial charge in [-0.2, -0.15) is 5.10 Å². The summed E-state index contributed by atoms with van der Waals surface area (Å²) in [5.74, 6) is 0.0820. The zero-order valence-corrected chi connectivity index (χ0v) is 18.0. The number of rotatable bonds is 5. The average molecular weight is 460 g/mol. The Morgan fingerprint density at radius 2 is 2.15 bits per heavy atom. The Bertz CT molecular complexity index is 1430. The Labute approximate surface area is 192 Å². The molecule has 0 spiro atoms. The van der Waals surface area contributed by atoms with Crippen LogP contribution in [0.15, 0.2) is 53.2 Å². The number of benzene rings is 1. The molecular weight excluding hydrogens is 440 g/mol. The van der Waals surface area contributed by atoms with Gasteiger partial charge in [-0.25, -0.2) is 4.98 Å². The molecule has 0 aliphatic carbocycles. The van der Waals surface area contributed by atoms with Gasteiger partial charge in [0.1, 0.15) is 17.0 Å². The van der Waals surface area contributed by atoms with Crippen molar-refractivity contribution in [2.75, 3.05) is 13.7 Å². The number of ether oxygens (including phenoxy) is 1. The van der Waals surface area contributed by atoms with E-state index in [2.05, 4.69) is 25.8 Å². The lowest BCUT2D eigenvalue weighted by Gasteiger charge is -2.29. The topological polar surface area (TPSA) is 146 Å². The minimum atomic E-state index is -1.50. The van der Waals surface area contributed by atoms with Crippen molar-refractivity contribution in [1.29, 1.82) is 0 Å². The third-order valence-electron chi connectivity index (χ3n) is 6.25. The molecule has 2 aliphatic rings. The first-order valence-corrected chi connectivity index (χ1v) is 10.6. The highest BCUT2D eigenvalue weighted by Crippen LogP contribution is 2.35. The quantitative estimate of drug-likeness (QED) is 0.346. The van der Waals surface area contributed by atoms with Gasteiger partial charge in [0.25, 0.3) is 11.8 Å². The summed E-state index contributed by atoms with van der Waals surface area (Å²) in [7, 11) is 1.54. The van der Waals surface area contributed by atoms with Crippen LogP contribution in [0.2, 0.25) is 0 Å².